The number of halogens is 1. The molecule has 0 radical (unpaired) electrons. The summed E-state index contributed by atoms with van der Waals surface area (Å²) in [4.78, 5) is 25.0. The first-order valence-corrected chi connectivity index (χ1v) is 11.9. The van der Waals surface area contributed by atoms with Gasteiger partial charge in [0.15, 0.2) is 0 Å². The number of nitrogens with one attached hydrogen (secondary N) is 1. The molecule has 2 aromatic carbocycles. The first kappa shape index (κ1) is 21.0. The van der Waals surface area contributed by atoms with E-state index in [2.05, 4.69) is 5.32 Å². The molecule has 4 rings (SSSR count). The fourth-order valence-corrected chi connectivity index (χ4v) is 6.32. The van der Waals surface area contributed by atoms with E-state index in [-0.39, 0.29) is 46.2 Å². The first-order chi connectivity index (χ1) is 14.4. The number of hydrogen-bond acceptors (Lipinski definition) is 4. The molecule has 1 heterocycles. The van der Waals surface area contributed by atoms with E-state index in [0.717, 1.165) is 19.3 Å². The van der Waals surface area contributed by atoms with Crippen LogP contribution in [-0.2, 0) is 14.8 Å². The van der Waals surface area contributed by atoms with Gasteiger partial charge >= 0.3 is 0 Å². The van der Waals surface area contributed by atoms with Crippen LogP contribution >= 0.6 is 11.6 Å². The van der Waals surface area contributed by atoms with E-state index in [4.69, 9.17) is 11.6 Å². The van der Waals surface area contributed by atoms with E-state index in [9.17, 15) is 18.0 Å². The summed E-state index contributed by atoms with van der Waals surface area (Å²) in [7, 11) is -3.86. The number of fused-ring (bicyclic) bond motifs is 1. The van der Waals surface area contributed by atoms with Crippen LogP contribution in [0.15, 0.2) is 53.4 Å². The van der Waals surface area contributed by atoms with Crippen LogP contribution in [0.1, 0.15) is 42.5 Å². The van der Waals surface area contributed by atoms with Crippen molar-refractivity contribution in [2.45, 2.75) is 43.0 Å². The summed E-state index contributed by atoms with van der Waals surface area (Å²) in [5.41, 5.74) is 0.682. The summed E-state index contributed by atoms with van der Waals surface area (Å²) < 4.78 is 28.3. The van der Waals surface area contributed by atoms with Crippen molar-refractivity contribution < 1.29 is 18.0 Å². The Morgan fingerprint density at radius 2 is 1.80 bits per heavy atom. The average molecular weight is 447 g/mol. The third-order valence-electron chi connectivity index (χ3n) is 5.91. The topological polar surface area (TPSA) is 83.6 Å². The molecule has 1 saturated carbocycles. The minimum absolute atomic E-state index is 0.0174. The number of benzene rings is 2. The molecule has 8 heteroatoms. The summed E-state index contributed by atoms with van der Waals surface area (Å²) in [6.07, 6.45) is 3.51. The monoisotopic (exact) mass is 446 g/mol. The van der Waals surface area contributed by atoms with Crippen LogP contribution < -0.4 is 5.32 Å². The maximum absolute atomic E-state index is 13.4. The van der Waals surface area contributed by atoms with E-state index < -0.39 is 15.9 Å². The van der Waals surface area contributed by atoms with Gasteiger partial charge in [0.1, 0.15) is 5.78 Å². The van der Waals surface area contributed by atoms with Crippen molar-refractivity contribution >= 4 is 39.0 Å². The van der Waals surface area contributed by atoms with Gasteiger partial charge in [-0.1, -0.05) is 42.6 Å². The minimum atomic E-state index is -3.86. The van der Waals surface area contributed by atoms with Gasteiger partial charge in [0.2, 0.25) is 10.0 Å². The maximum Gasteiger partial charge on any atom is 0.257 e. The number of carbonyl (C=O) groups excluding carboxylic acids is 2. The number of amides is 1. The lowest BCUT2D eigenvalue weighted by Crippen LogP contribution is -2.53. The molecule has 6 nitrogen and oxygen atoms in total. The third kappa shape index (κ3) is 4.02. The highest BCUT2D eigenvalue weighted by Gasteiger charge is 2.43. The molecule has 0 aromatic heterocycles. The fraction of sp³-hybridized carbons (Fsp3) is 0.364. The highest BCUT2D eigenvalue weighted by molar-refractivity contribution is 7.89. The van der Waals surface area contributed by atoms with Crippen molar-refractivity contribution in [2.24, 2.45) is 5.92 Å². The van der Waals surface area contributed by atoms with E-state index in [1.165, 1.54) is 22.5 Å². The van der Waals surface area contributed by atoms with Crippen LogP contribution in [0.3, 0.4) is 0 Å². The van der Waals surface area contributed by atoms with Crippen LogP contribution in [0, 0.1) is 5.92 Å². The summed E-state index contributed by atoms with van der Waals surface area (Å²) >= 11 is 6.21. The second-order valence-corrected chi connectivity index (χ2v) is 10.0. The second kappa shape index (κ2) is 8.49. The quantitative estimate of drug-likeness (QED) is 0.765. The molecule has 0 spiro atoms. The zero-order valence-electron chi connectivity index (χ0n) is 16.4. The van der Waals surface area contributed by atoms with E-state index >= 15 is 0 Å². The summed E-state index contributed by atoms with van der Waals surface area (Å²) in [6.45, 7) is 0.177. The molecule has 1 amide bonds. The number of piperidine rings is 1. The van der Waals surface area contributed by atoms with Gasteiger partial charge in [0.05, 0.1) is 15.5 Å². The average Bonchev–Trinajstić information content (AvgIpc) is 2.75. The Morgan fingerprint density at radius 3 is 2.57 bits per heavy atom. The lowest BCUT2D eigenvalue weighted by atomic mass is 9.79. The summed E-state index contributed by atoms with van der Waals surface area (Å²) in [5.74, 6) is -0.548. The van der Waals surface area contributed by atoms with Crippen molar-refractivity contribution in [1.29, 1.82) is 0 Å². The number of hydrogen-bond donors (Lipinski definition) is 1. The van der Waals surface area contributed by atoms with E-state index in [1.807, 2.05) is 6.07 Å². The second-order valence-electron chi connectivity index (χ2n) is 7.75. The van der Waals surface area contributed by atoms with Crippen LogP contribution in [0.25, 0.3) is 0 Å². The molecule has 1 aliphatic heterocycles. The zero-order valence-corrected chi connectivity index (χ0v) is 18.0. The molecule has 2 aromatic rings. The lowest BCUT2D eigenvalue weighted by Gasteiger charge is -2.42. The Morgan fingerprint density at radius 1 is 1.07 bits per heavy atom. The smallest absolute Gasteiger partial charge is 0.257 e. The van der Waals surface area contributed by atoms with E-state index in [0.29, 0.717) is 12.1 Å². The normalized spacial score (nSPS) is 22.4. The number of para-hydroxylation sites is 1. The number of Topliss-reactive ketones (excluding diaryl/α,β-unsaturated/α-hetero) is 1. The fourth-order valence-electron chi connectivity index (χ4n) is 4.40. The molecular weight excluding hydrogens is 424 g/mol. The van der Waals surface area contributed by atoms with Crippen LogP contribution in [-0.4, -0.2) is 37.0 Å². The molecule has 158 valence electrons. The lowest BCUT2D eigenvalue weighted by molar-refractivity contribution is -0.128. The summed E-state index contributed by atoms with van der Waals surface area (Å²) in [5, 5.41) is 2.90. The van der Waals surface area contributed by atoms with Crippen LogP contribution in [0.2, 0.25) is 5.02 Å². The van der Waals surface area contributed by atoms with Gasteiger partial charge < -0.3 is 5.32 Å². The Hall–Kier alpha value is -2.22. The Balaban J connectivity index is 1.64. The highest BCUT2D eigenvalue weighted by Crippen LogP contribution is 2.37. The molecule has 1 N–H and O–H groups in total. The van der Waals surface area contributed by atoms with Crippen molar-refractivity contribution in [1.82, 2.24) is 4.31 Å². The Labute approximate surface area is 181 Å². The molecule has 0 bridgehead atoms. The molecule has 0 unspecified atom stereocenters. The molecular formula is C22H23ClN2O4S. The standard InChI is InChI=1S/C22H23ClN2O4S/c23-19-11-10-16(14-18(19)22(27)24-15-6-2-1-3-7-15)30(28,29)25-13-12-21(26)17-8-4-5-9-20(17)25/h1-3,6-7,10-11,14,17,20H,4-5,8-9,12-13H2,(H,24,27)/t17-,20-/m1/s1. The molecule has 2 aliphatic rings. The number of rotatable bonds is 4. The number of anilines is 1. The number of carbonyl (C=O) groups is 2. The van der Waals surface area contributed by atoms with Crippen molar-refractivity contribution in [3.63, 3.8) is 0 Å². The van der Waals surface area contributed by atoms with Gasteiger partial charge in [-0.3, -0.25) is 9.59 Å². The van der Waals surface area contributed by atoms with Crippen LogP contribution in [0.5, 0.6) is 0 Å². The Kier molecular flexibility index (Phi) is 5.95. The molecule has 30 heavy (non-hydrogen) atoms. The first-order valence-electron chi connectivity index (χ1n) is 10.1. The van der Waals surface area contributed by atoms with Gasteiger partial charge in [-0.25, -0.2) is 8.42 Å². The van der Waals surface area contributed by atoms with Gasteiger partial charge in [-0.2, -0.15) is 4.31 Å². The third-order valence-corrected chi connectivity index (χ3v) is 8.16. The number of ketones is 1. The molecule has 1 aliphatic carbocycles. The van der Waals surface area contributed by atoms with Crippen LogP contribution in [0.4, 0.5) is 5.69 Å². The molecule has 2 atom stereocenters. The van der Waals surface area contributed by atoms with Crippen molar-refractivity contribution in [2.75, 3.05) is 11.9 Å². The minimum Gasteiger partial charge on any atom is -0.322 e. The predicted octanol–water partition coefficient (Wildman–Crippen LogP) is 4.11. The highest BCUT2D eigenvalue weighted by atomic mass is 35.5. The van der Waals surface area contributed by atoms with Gasteiger partial charge in [-0.05, 0) is 43.2 Å². The Bertz CT molecular complexity index is 1070. The molecule has 1 saturated heterocycles. The summed E-state index contributed by atoms with van der Waals surface area (Å²) in [6, 6.07) is 12.8. The number of sulfonamides is 1. The van der Waals surface area contributed by atoms with Gasteiger partial charge in [0.25, 0.3) is 5.91 Å². The van der Waals surface area contributed by atoms with E-state index in [1.54, 1.807) is 24.3 Å². The van der Waals surface area contributed by atoms with Gasteiger partial charge in [0, 0.05) is 30.6 Å². The number of nitrogens with zero attached hydrogens (tertiary/aromatic N) is 1. The maximum atomic E-state index is 13.4. The zero-order chi connectivity index (χ0) is 21.3. The van der Waals surface area contributed by atoms with Crippen molar-refractivity contribution in [3.05, 3.63) is 59.1 Å². The largest absolute Gasteiger partial charge is 0.322 e. The predicted molar refractivity (Wildman–Crippen MR) is 115 cm³/mol. The van der Waals surface area contributed by atoms with Crippen molar-refractivity contribution in [3.8, 4) is 0 Å². The SMILES string of the molecule is O=C(Nc1ccccc1)c1cc(S(=O)(=O)N2CCC(=O)[C@@H]3CCCC[C@H]32)ccc1Cl. The van der Waals surface area contributed by atoms with Gasteiger partial charge in [-0.15, -0.1) is 0 Å². The molecule has 2 fully saturated rings.